The molecule has 5 heteroatoms. The van der Waals surface area contributed by atoms with E-state index in [4.69, 9.17) is 11.1 Å². The summed E-state index contributed by atoms with van der Waals surface area (Å²) in [6.45, 7) is 3.99. The third kappa shape index (κ3) is 3.98. The van der Waals surface area contributed by atoms with Crippen LogP contribution in [0.4, 0.5) is 5.69 Å². The zero-order valence-corrected chi connectivity index (χ0v) is 11.6. The molecule has 0 aliphatic rings. The van der Waals surface area contributed by atoms with Gasteiger partial charge in [0.05, 0.1) is 0 Å². The maximum absolute atomic E-state index is 11.4. The first-order chi connectivity index (χ1) is 8.82. The molecule has 0 radical (unpaired) electrons. The zero-order valence-electron chi connectivity index (χ0n) is 11.6. The van der Waals surface area contributed by atoms with Gasteiger partial charge in [-0.3, -0.25) is 5.41 Å². The topological polar surface area (TPSA) is 90.4 Å². The highest BCUT2D eigenvalue weighted by Gasteiger charge is 2.24. The van der Waals surface area contributed by atoms with Crippen LogP contribution in [0, 0.1) is 11.3 Å². The number of likely N-dealkylation sites (N-methyl/N-ethyl adjacent to an activating group) is 1. The molecule has 0 saturated heterocycles. The van der Waals surface area contributed by atoms with Gasteiger partial charge in [-0.1, -0.05) is 26.0 Å². The number of nitrogens with zero attached hydrogens (tertiary/aromatic N) is 1. The Kier molecular flexibility index (Phi) is 4.92. The second-order valence-corrected chi connectivity index (χ2v) is 5.06. The first-order valence-electron chi connectivity index (χ1n) is 6.23. The summed E-state index contributed by atoms with van der Waals surface area (Å²) in [6.07, 6.45) is 0.566. The van der Waals surface area contributed by atoms with Crippen molar-refractivity contribution in [1.82, 2.24) is 0 Å². The average molecular weight is 263 g/mol. The van der Waals surface area contributed by atoms with Crippen LogP contribution in [-0.2, 0) is 4.79 Å². The summed E-state index contributed by atoms with van der Waals surface area (Å²) < 4.78 is 0. The number of nitrogens with two attached hydrogens (primary N) is 1. The van der Waals surface area contributed by atoms with Crippen LogP contribution < -0.4 is 10.6 Å². The van der Waals surface area contributed by atoms with Crippen molar-refractivity contribution in [2.45, 2.75) is 26.3 Å². The number of aliphatic carboxylic acids is 1. The van der Waals surface area contributed by atoms with E-state index in [9.17, 15) is 9.90 Å². The van der Waals surface area contributed by atoms with Crippen molar-refractivity contribution in [3.8, 4) is 0 Å². The minimum atomic E-state index is -0.843. The van der Waals surface area contributed by atoms with Crippen LogP contribution in [0.1, 0.15) is 25.8 Å². The third-order valence-electron chi connectivity index (χ3n) is 3.01. The summed E-state index contributed by atoms with van der Waals surface area (Å²) in [5.41, 5.74) is 6.79. The second-order valence-electron chi connectivity index (χ2n) is 5.06. The van der Waals surface area contributed by atoms with Gasteiger partial charge >= 0.3 is 5.97 Å². The Bertz CT molecular complexity index is 472. The fourth-order valence-electron chi connectivity index (χ4n) is 1.94. The van der Waals surface area contributed by atoms with Gasteiger partial charge in [0.2, 0.25) is 0 Å². The number of nitrogen functional groups attached to an aromatic ring is 1. The van der Waals surface area contributed by atoms with Crippen molar-refractivity contribution in [1.29, 1.82) is 5.41 Å². The normalized spacial score (nSPS) is 12.2. The van der Waals surface area contributed by atoms with Crippen LogP contribution in [0.5, 0.6) is 0 Å². The van der Waals surface area contributed by atoms with Crippen molar-refractivity contribution < 1.29 is 9.90 Å². The van der Waals surface area contributed by atoms with Gasteiger partial charge in [-0.05, 0) is 24.5 Å². The number of benzene rings is 1. The Labute approximate surface area is 113 Å². The second kappa shape index (κ2) is 6.22. The lowest BCUT2D eigenvalue weighted by Crippen LogP contribution is -2.39. The first kappa shape index (κ1) is 15.0. The van der Waals surface area contributed by atoms with E-state index >= 15 is 0 Å². The molecule has 1 rings (SSSR count). The van der Waals surface area contributed by atoms with E-state index in [-0.39, 0.29) is 5.84 Å². The highest BCUT2D eigenvalue weighted by molar-refractivity contribution is 5.96. The summed E-state index contributed by atoms with van der Waals surface area (Å²) in [6, 6.07) is 6.48. The van der Waals surface area contributed by atoms with Crippen LogP contribution in [0.15, 0.2) is 24.3 Å². The molecule has 0 spiro atoms. The molecule has 0 aliphatic heterocycles. The lowest BCUT2D eigenvalue weighted by molar-refractivity contribution is -0.138. The predicted octanol–water partition coefficient (Wildman–Crippen LogP) is 1.91. The molecule has 0 amide bonds. The number of nitrogens with one attached hydrogen (secondary N) is 1. The number of hydrogen-bond acceptors (Lipinski definition) is 3. The van der Waals surface area contributed by atoms with Gasteiger partial charge < -0.3 is 15.7 Å². The molecule has 1 atom stereocenters. The van der Waals surface area contributed by atoms with Gasteiger partial charge in [0, 0.05) is 18.3 Å². The fraction of sp³-hybridized carbons (Fsp3) is 0.429. The number of carboxylic acid groups (broad SMARTS) is 1. The molecular weight excluding hydrogens is 242 g/mol. The monoisotopic (exact) mass is 263 g/mol. The highest BCUT2D eigenvalue weighted by atomic mass is 16.4. The van der Waals surface area contributed by atoms with E-state index in [0.717, 1.165) is 5.69 Å². The molecule has 1 aromatic rings. The highest BCUT2D eigenvalue weighted by Crippen LogP contribution is 2.20. The lowest BCUT2D eigenvalue weighted by atomic mass is 10.0. The predicted molar refractivity (Wildman–Crippen MR) is 76.7 cm³/mol. The Hall–Kier alpha value is -2.04. The molecule has 0 unspecified atom stereocenters. The van der Waals surface area contributed by atoms with E-state index in [1.807, 2.05) is 19.9 Å². The molecule has 0 fully saturated rings. The van der Waals surface area contributed by atoms with Crippen molar-refractivity contribution in [2.24, 2.45) is 11.7 Å². The largest absolute Gasteiger partial charge is 0.480 e. The molecule has 5 nitrogen and oxygen atoms in total. The molecule has 19 heavy (non-hydrogen) atoms. The first-order valence-corrected chi connectivity index (χ1v) is 6.23. The van der Waals surface area contributed by atoms with Crippen LogP contribution in [0.2, 0.25) is 0 Å². The fourth-order valence-corrected chi connectivity index (χ4v) is 1.94. The minimum absolute atomic E-state index is 0.0222. The Morgan fingerprint density at radius 3 is 2.58 bits per heavy atom. The maximum atomic E-state index is 11.4. The molecular formula is C14H21N3O2. The summed E-state index contributed by atoms with van der Waals surface area (Å²) in [7, 11) is 1.75. The van der Waals surface area contributed by atoms with Gasteiger partial charge in [-0.15, -0.1) is 0 Å². The van der Waals surface area contributed by atoms with Crippen LogP contribution in [0.25, 0.3) is 0 Å². The maximum Gasteiger partial charge on any atom is 0.326 e. The van der Waals surface area contributed by atoms with Crippen molar-refractivity contribution in [2.75, 3.05) is 11.9 Å². The zero-order chi connectivity index (χ0) is 14.6. The van der Waals surface area contributed by atoms with Crippen molar-refractivity contribution in [3.05, 3.63) is 29.8 Å². The Morgan fingerprint density at radius 2 is 2.11 bits per heavy atom. The molecule has 1 aromatic carbocycles. The number of anilines is 1. The SMILES string of the molecule is CC(C)C[C@@H](C(=O)O)N(C)c1cccc(C(=N)N)c1. The smallest absolute Gasteiger partial charge is 0.326 e. The quantitative estimate of drug-likeness (QED) is 0.540. The number of amidine groups is 1. The van der Waals surface area contributed by atoms with Crippen molar-refractivity contribution in [3.63, 3.8) is 0 Å². The summed E-state index contributed by atoms with van der Waals surface area (Å²) in [5, 5.41) is 16.7. The number of carboxylic acids is 1. The molecule has 0 heterocycles. The van der Waals surface area contributed by atoms with E-state index in [0.29, 0.717) is 17.9 Å². The van der Waals surface area contributed by atoms with Gasteiger partial charge in [0.15, 0.2) is 0 Å². The van der Waals surface area contributed by atoms with Crippen LogP contribution in [-0.4, -0.2) is 30.0 Å². The molecule has 0 saturated carbocycles. The number of carbonyl (C=O) groups is 1. The van der Waals surface area contributed by atoms with Crippen LogP contribution >= 0.6 is 0 Å². The summed E-state index contributed by atoms with van der Waals surface area (Å²) in [5.74, 6) is -0.574. The molecule has 0 aromatic heterocycles. The van der Waals surface area contributed by atoms with Gasteiger partial charge in [0.1, 0.15) is 11.9 Å². The lowest BCUT2D eigenvalue weighted by Gasteiger charge is -2.28. The molecule has 0 aliphatic carbocycles. The summed E-state index contributed by atoms with van der Waals surface area (Å²) >= 11 is 0. The van der Waals surface area contributed by atoms with E-state index < -0.39 is 12.0 Å². The van der Waals surface area contributed by atoms with Crippen LogP contribution in [0.3, 0.4) is 0 Å². The summed E-state index contributed by atoms with van der Waals surface area (Å²) in [4.78, 5) is 13.1. The van der Waals surface area contributed by atoms with Gasteiger partial charge in [0.25, 0.3) is 0 Å². The minimum Gasteiger partial charge on any atom is -0.480 e. The van der Waals surface area contributed by atoms with E-state index in [2.05, 4.69) is 0 Å². The van der Waals surface area contributed by atoms with Crippen molar-refractivity contribution >= 4 is 17.5 Å². The van der Waals surface area contributed by atoms with E-state index in [1.165, 1.54) is 0 Å². The molecule has 104 valence electrons. The third-order valence-corrected chi connectivity index (χ3v) is 3.01. The van der Waals surface area contributed by atoms with Gasteiger partial charge in [-0.25, -0.2) is 4.79 Å². The average Bonchev–Trinajstić information content (AvgIpc) is 2.34. The molecule has 4 N–H and O–H groups in total. The molecule has 0 bridgehead atoms. The van der Waals surface area contributed by atoms with Gasteiger partial charge in [-0.2, -0.15) is 0 Å². The van der Waals surface area contributed by atoms with E-state index in [1.54, 1.807) is 30.1 Å². The number of hydrogen-bond donors (Lipinski definition) is 3. The standard InChI is InChI=1S/C14H21N3O2/c1-9(2)7-12(14(18)19)17(3)11-6-4-5-10(8-11)13(15)16/h4-6,8-9,12H,7H2,1-3H3,(H3,15,16)(H,18,19)/t12-/m0/s1. The Balaban J connectivity index is 3.02. The Morgan fingerprint density at radius 1 is 1.47 bits per heavy atom. The number of rotatable bonds is 6.